The molecule has 0 aliphatic carbocycles. The van der Waals surface area contributed by atoms with E-state index in [1.807, 2.05) is 12.1 Å². The fourth-order valence-corrected chi connectivity index (χ4v) is 4.41. The van der Waals surface area contributed by atoms with Crippen molar-refractivity contribution >= 4 is 36.3 Å². The summed E-state index contributed by atoms with van der Waals surface area (Å²) in [5, 5.41) is -0.207. The Kier molecular flexibility index (Phi) is 6.04. The van der Waals surface area contributed by atoms with Crippen molar-refractivity contribution in [1.82, 2.24) is 0 Å². The van der Waals surface area contributed by atoms with E-state index >= 15 is 0 Å². The van der Waals surface area contributed by atoms with Crippen LogP contribution in [0, 0.1) is 0 Å². The number of benzene rings is 2. The number of esters is 2. The first-order chi connectivity index (χ1) is 12.1. The topological polar surface area (TPSA) is 52.6 Å². The van der Waals surface area contributed by atoms with Gasteiger partial charge in [-0.3, -0.25) is 0 Å². The molecule has 3 rings (SSSR count). The third-order valence-corrected chi connectivity index (χ3v) is 5.98. The van der Waals surface area contributed by atoms with Gasteiger partial charge in [0.1, 0.15) is 12.7 Å². The number of ether oxygens (including phenoxy) is 2. The molecule has 1 saturated heterocycles. The number of hydrogen-bond acceptors (Lipinski definition) is 6. The second-order valence-corrected chi connectivity index (χ2v) is 7.58. The molecule has 1 aliphatic heterocycles. The number of carbonyl (C=O) groups is 2. The summed E-state index contributed by atoms with van der Waals surface area (Å²) in [4.78, 5) is 24.4. The SMILES string of the molecule is O=C(OC[C@H]1SCC(S)C1OC(=O)c1ccccc1)c1ccccc1. The van der Waals surface area contributed by atoms with Gasteiger partial charge in [0.2, 0.25) is 0 Å². The lowest BCUT2D eigenvalue weighted by molar-refractivity contribution is 0.0233. The minimum atomic E-state index is -0.399. The van der Waals surface area contributed by atoms with Gasteiger partial charge in [-0.2, -0.15) is 12.6 Å². The smallest absolute Gasteiger partial charge is 0.338 e. The molecule has 3 atom stereocenters. The first-order valence-corrected chi connectivity index (χ1v) is 9.49. The van der Waals surface area contributed by atoms with E-state index in [0.717, 1.165) is 5.75 Å². The summed E-state index contributed by atoms with van der Waals surface area (Å²) in [7, 11) is 0. The van der Waals surface area contributed by atoms with Crippen molar-refractivity contribution in [2.45, 2.75) is 16.6 Å². The second kappa shape index (κ2) is 8.45. The van der Waals surface area contributed by atoms with E-state index < -0.39 is 6.10 Å². The Morgan fingerprint density at radius 2 is 1.52 bits per heavy atom. The second-order valence-electron chi connectivity index (χ2n) is 5.64. The van der Waals surface area contributed by atoms with Crippen molar-refractivity contribution in [3.8, 4) is 0 Å². The molecule has 4 nitrogen and oxygen atoms in total. The minimum Gasteiger partial charge on any atom is -0.461 e. The highest BCUT2D eigenvalue weighted by atomic mass is 32.2. The summed E-state index contributed by atoms with van der Waals surface area (Å²) in [5.74, 6) is -0.0212. The molecule has 1 heterocycles. The van der Waals surface area contributed by atoms with Crippen LogP contribution in [-0.4, -0.2) is 40.9 Å². The largest absolute Gasteiger partial charge is 0.461 e. The molecule has 2 aromatic carbocycles. The van der Waals surface area contributed by atoms with E-state index in [1.165, 1.54) is 0 Å². The van der Waals surface area contributed by atoms with Crippen LogP contribution in [0.25, 0.3) is 0 Å². The third-order valence-electron chi connectivity index (χ3n) is 3.87. The zero-order chi connectivity index (χ0) is 17.6. The van der Waals surface area contributed by atoms with Crippen LogP contribution in [0.3, 0.4) is 0 Å². The molecular weight excluding hydrogens is 356 g/mol. The van der Waals surface area contributed by atoms with Crippen LogP contribution in [0.4, 0.5) is 0 Å². The van der Waals surface area contributed by atoms with Gasteiger partial charge in [0, 0.05) is 11.0 Å². The molecule has 0 N–H and O–H groups in total. The van der Waals surface area contributed by atoms with E-state index in [-0.39, 0.29) is 29.0 Å². The Morgan fingerprint density at radius 3 is 2.12 bits per heavy atom. The van der Waals surface area contributed by atoms with Crippen LogP contribution in [0.2, 0.25) is 0 Å². The van der Waals surface area contributed by atoms with Crippen LogP contribution in [0.1, 0.15) is 20.7 Å². The highest BCUT2D eigenvalue weighted by Gasteiger charge is 2.39. The normalized spacial score (nSPS) is 22.4. The molecule has 0 bridgehead atoms. The van der Waals surface area contributed by atoms with Gasteiger partial charge >= 0.3 is 11.9 Å². The molecule has 0 saturated carbocycles. The molecule has 6 heteroatoms. The van der Waals surface area contributed by atoms with Gasteiger partial charge in [-0.15, -0.1) is 11.8 Å². The van der Waals surface area contributed by atoms with E-state index in [2.05, 4.69) is 12.6 Å². The molecule has 0 amide bonds. The van der Waals surface area contributed by atoms with E-state index in [1.54, 1.807) is 60.3 Å². The quantitative estimate of drug-likeness (QED) is 0.641. The predicted octanol–water partition coefficient (Wildman–Crippen LogP) is 3.48. The molecular formula is C19H18O4S2. The molecule has 2 aromatic rings. The summed E-state index contributed by atoms with van der Waals surface area (Å²) < 4.78 is 11.0. The number of carbonyl (C=O) groups excluding carboxylic acids is 2. The lowest BCUT2D eigenvalue weighted by Gasteiger charge is -2.21. The lowest BCUT2D eigenvalue weighted by atomic mass is 10.2. The van der Waals surface area contributed by atoms with Gasteiger partial charge in [-0.1, -0.05) is 36.4 Å². The van der Waals surface area contributed by atoms with Crippen molar-refractivity contribution in [1.29, 1.82) is 0 Å². The highest BCUT2D eigenvalue weighted by molar-refractivity contribution is 8.01. The third kappa shape index (κ3) is 4.58. The van der Waals surface area contributed by atoms with Crippen molar-refractivity contribution in [3.63, 3.8) is 0 Å². The Hall–Kier alpha value is -1.92. The number of thioether (sulfide) groups is 1. The molecule has 25 heavy (non-hydrogen) atoms. The van der Waals surface area contributed by atoms with Crippen LogP contribution in [0.5, 0.6) is 0 Å². The number of thiol groups is 1. The van der Waals surface area contributed by atoms with Gasteiger partial charge in [0.25, 0.3) is 0 Å². The maximum atomic E-state index is 12.3. The van der Waals surface area contributed by atoms with Crippen LogP contribution in [0.15, 0.2) is 60.7 Å². The zero-order valence-corrected chi connectivity index (χ0v) is 15.1. The van der Waals surface area contributed by atoms with Gasteiger partial charge in [-0.05, 0) is 24.3 Å². The summed E-state index contributed by atoms with van der Waals surface area (Å²) >= 11 is 6.11. The van der Waals surface area contributed by atoms with E-state index in [4.69, 9.17) is 9.47 Å². The van der Waals surface area contributed by atoms with Crippen LogP contribution in [-0.2, 0) is 9.47 Å². The van der Waals surface area contributed by atoms with Crippen LogP contribution >= 0.6 is 24.4 Å². The Morgan fingerprint density at radius 1 is 0.960 bits per heavy atom. The number of rotatable bonds is 5. The minimum absolute atomic E-state index is 0.0851. The highest BCUT2D eigenvalue weighted by Crippen LogP contribution is 2.33. The average molecular weight is 374 g/mol. The molecule has 1 aliphatic rings. The molecule has 1 fully saturated rings. The maximum absolute atomic E-state index is 12.3. The predicted molar refractivity (Wildman–Crippen MR) is 101 cm³/mol. The summed E-state index contributed by atoms with van der Waals surface area (Å²) in [5.41, 5.74) is 1.01. The molecule has 0 spiro atoms. The maximum Gasteiger partial charge on any atom is 0.338 e. The fourth-order valence-electron chi connectivity index (χ4n) is 2.54. The Labute approximate surface area is 156 Å². The zero-order valence-electron chi connectivity index (χ0n) is 13.4. The van der Waals surface area contributed by atoms with Gasteiger partial charge < -0.3 is 9.47 Å². The molecule has 0 radical (unpaired) electrons. The van der Waals surface area contributed by atoms with Gasteiger partial charge in [-0.25, -0.2) is 9.59 Å². The first kappa shape index (κ1) is 17.9. The average Bonchev–Trinajstić information content (AvgIpc) is 3.01. The van der Waals surface area contributed by atoms with Gasteiger partial charge in [0.15, 0.2) is 0 Å². The molecule has 0 aromatic heterocycles. The van der Waals surface area contributed by atoms with E-state index in [0.29, 0.717) is 11.1 Å². The van der Waals surface area contributed by atoms with Crippen molar-refractivity contribution in [3.05, 3.63) is 71.8 Å². The summed E-state index contributed by atoms with van der Waals surface area (Å²) in [6.07, 6.45) is -0.399. The fraction of sp³-hybridized carbons (Fsp3) is 0.263. The molecule has 2 unspecified atom stereocenters. The Bertz CT molecular complexity index is 721. The van der Waals surface area contributed by atoms with Crippen molar-refractivity contribution < 1.29 is 19.1 Å². The standard InChI is InChI=1S/C19H18O4S2/c20-18(13-7-3-1-4-8-13)22-11-16-17(15(24)12-25-16)23-19(21)14-9-5-2-6-10-14/h1-10,15-17,24H,11-12H2/t15?,16-,17?/m1/s1. The van der Waals surface area contributed by atoms with Crippen LogP contribution < -0.4 is 0 Å². The number of hydrogen-bond donors (Lipinski definition) is 1. The van der Waals surface area contributed by atoms with E-state index in [9.17, 15) is 9.59 Å². The van der Waals surface area contributed by atoms with Crippen molar-refractivity contribution in [2.75, 3.05) is 12.4 Å². The lowest BCUT2D eigenvalue weighted by Crippen LogP contribution is -2.35. The summed E-state index contributed by atoms with van der Waals surface area (Å²) in [6, 6.07) is 17.7. The van der Waals surface area contributed by atoms with Crippen molar-refractivity contribution in [2.24, 2.45) is 0 Å². The first-order valence-electron chi connectivity index (χ1n) is 7.93. The van der Waals surface area contributed by atoms with Gasteiger partial charge in [0.05, 0.1) is 16.4 Å². The monoisotopic (exact) mass is 374 g/mol. The molecule has 130 valence electrons. The summed E-state index contributed by atoms with van der Waals surface area (Å²) in [6.45, 7) is 0.183. The Balaban J connectivity index is 1.59.